The fourth-order valence-electron chi connectivity index (χ4n) is 4.29. The summed E-state index contributed by atoms with van der Waals surface area (Å²) in [6, 6.07) is 25.7. The van der Waals surface area contributed by atoms with Crippen molar-refractivity contribution in [3.8, 4) is 34.1 Å². The highest BCUT2D eigenvalue weighted by Gasteiger charge is 2.31. The van der Waals surface area contributed by atoms with Crippen LogP contribution in [0.3, 0.4) is 0 Å². The molecular weight excluding hydrogens is 552 g/mol. The summed E-state index contributed by atoms with van der Waals surface area (Å²) in [6.45, 7) is 7.16. The van der Waals surface area contributed by atoms with Crippen LogP contribution in [0, 0.1) is 6.92 Å². The Hall–Kier alpha value is -3.81. The maximum absolute atomic E-state index is 12.5. The van der Waals surface area contributed by atoms with Crippen LogP contribution in [-0.4, -0.2) is 55.3 Å². The molecule has 42 heavy (non-hydrogen) atoms. The van der Waals surface area contributed by atoms with Crippen LogP contribution < -0.4 is 9.47 Å². The van der Waals surface area contributed by atoms with Gasteiger partial charge in [0, 0.05) is 12.0 Å². The number of rotatable bonds is 14. The third-order valence-electron chi connectivity index (χ3n) is 6.66. The molecule has 1 heterocycles. The van der Waals surface area contributed by atoms with Crippen LogP contribution in [0.15, 0.2) is 83.3 Å². The van der Waals surface area contributed by atoms with Crippen LogP contribution in [0.5, 0.6) is 11.5 Å². The number of carbonyl (C=O) groups is 1. The molecule has 7 nitrogen and oxygen atoms in total. The second kappa shape index (κ2) is 15.4. The first kappa shape index (κ1) is 32.7. The van der Waals surface area contributed by atoms with E-state index in [1.807, 2.05) is 63.5 Å². The predicted octanol–water partition coefficient (Wildman–Crippen LogP) is 7.40. The van der Waals surface area contributed by atoms with Gasteiger partial charge in [0.05, 0.1) is 18.9 Å². The molecule has 0 radical (unpaired) electrons. The van der Waals surface area contributed by atoms with Gasteiger partial charge >= 0.3 is 5.97 Å². The van der Waals surface area contributed by atoms with Crippen molar-refractivity contribution in [3.05, 3.63) is 90.3 Å². The van der Waals surface area contributed by atoms with Crippen molar-refractivity contribution in [2.24, 2.45) is 0 Å². The Morgan fingerprint density at radius 3 is 2.12 bits per heavy atom. The number of hydrogen-bond donors (Lipinski definition) is 0. The Kier molecular flexibility index (Phi) is 12.0. The lowest BCUT2D eigenvalue weighted by atomic mass is 10.0. The second-order valence-corrected chi connectivity index (χ2v) is 10.8. The minimum absolute atomic E-state index is 0. The molecule has 0 saturated heterocycles. The van der Waals surface area contributed by atoms with Gasteiger partial charge in [-0.3, -0.25) is 0 Å². The molecule has 0 amide bonds. The summed E-state index contributed by atoms with van der Waals surface area (Å²) in [4.78, 5) is 19.3. The molecule has 0 N–H and O–H groups in total. The first-order chi connectivity index (χ1) is 19.7. The molecule has 3 aromatic carbocycles. The normalized spacial score (nSPS) is 11.2. The summed E-state index contributed by atoms with van der Waals surface area (Å²) in [6.07, 6.45) is 2.41. The molecule has 224 valence electrons. The van der Waals surface area contributed by atoms with Crippen LogP contribution >= 0.6 is 12.4 Å². The van der Waals surface area contributed by atoms with Gasteiger partial charge in [-0.1, -0.05) is 42.5 Å². The summed E-state index contributed by atoms with van der Waals surface area (Å²) < 4.78 is 23.2. The number of hydrogen-bond acceptors (Lipinski definition) is 7. The molecular formula is C34H41ClN2O5. The Morgan fingerprint density at radius 2 is 1.45 bits per heavy atom. The average Bonchev–Trinajstić information content (AvgIpc) is 3.34. The standard InChI is InChI=1S/C34H40N2O5.ClH/c1-25-31(35-32(40-25)28-15-13-27(14-16-28)26-11-7-6-8-12-26)21-24-38-29-17-19-30(20-18-29)41-34(2,3)33(37)39-23-10-9-22-36(4)5;/h6-8,11-20H,9-10,21-24H2,1-5H3;1H. The first-order valence-electron chi connectivity index (χ1n) is 14.1. The second-order valence-electron chi connectivity index (χ2n) is 10.8. The molecule has 4 aromatic rings. The van der Waals surface area contributed by atoms with E-state index in [0.29, 0.717) is 37.0 Å². The van der Waals surface area contributed by atoms with Crippen LogP contribution in [0.1, 0.15) is 38.1 Å². The van der Waals surface area contributed by atoms with E-state index in [1.165, 1.54) is 5.56 Å². The van der Waals surface area contributed by atoms with E-state index in [4.69, 9.17) is 23.6 Å². The SMILES string of the molecule is Cc1oc(-c2ccc(-c3ccccc3)cc2)nc1CCOc1ccc(OC(C)(C)C(=O)OCCCCN(C)C)cc1.Cl. The molecule has 1 aromatic heterocycles. The molecule has 4 rings (SSSR count). The summed E-state index contributed by atoms with van der Waals surface area (Å²) in [5, 5.41) is 0. The summed E-state index contributed by atoms with van der Waals surface area (Å²) in [7, 11) is 4.05. The minimum atomic E-state index is -1.09. The lowest BCUT2D eigenvalue weighted by molar-refractivity contribution is -0.159. The number of esters is 1. The molecule has 0 spiro atoms. The van der Waals surface area contributed by atoms with Crippen molar-refractivity contribution in [1.29, 1.82) is 0 Å². The van der Waals surface area contributed by atoms with E-state index < -0.39 is 5.60 Å². The Balaban J connectivity index is 0.00000484. The number of aromatic nitrogens is 1. The van der Waals surface area contributed by atoms with Crippen LogP contribution in [0.2, 0.25) is 0 Å². The molecule has 0 fully saturated rings. The van der Waals surface area contributed by atoms with E-state index in [1.54, 1.807) is 26.0 Å². The molecule has 0 atom stereocenters. The molecule has 0 saturated carbocycles. The van der Waals surface area contributed by atoms with Crippen molar-refractivity contribution in [2.45, 2.75) is 45.6 Å². The van der Waals surface area contributed by atoms with Gasteiger partial charge in [0.1, 0.15) is 17.3 Å². The Labute approximate surface area is 255 Å². The number of carbonyl (C=O) groups excluding carboxylic acids is 1. The fourth-order valence-corrected chi connectivity index (χ4v) is 4.29. The van der Waals surface area contributed by atoms with Crippen LogP contribution in [0.25, 0.3) is 22.6 Å². The topological polar surface area (TPSA) is 74.0 Å². The van der Waals surface area contributed by atoms with Gasteiger partial charge < -0.3 is 23.5 Å². The smallest absolute Gasteiger partial charge is 0.349 e. The van der Waals surface area contributed by atoms with E-state index in [2.05, 4.69) is 29.2 Å². The maximum Gasteiger partial charge on any atom is 0.349 e. The molecule has 0 aliphatic heterocycles. The molecule has 0 unspecified atom stereocenters. The Bertz CT molecular complexity index is 1380. The minimum Gasteiger partial charge on any atom is -0.493 e. The number of halogens is 1. The van der Waals surface area contributed by atoms with Crippen molar-refractivity contribution < 1.29 is 23.4 Å². The van der Waals surface area contributed by atoms with Gasteiger partial charge in [-0.15, -0.1) is 12.4 Å². The van der Waals surface area contributed by atoms with Gasteiger partial charge in [-0.25, -0.2) is 9.78 Å². The van der Waals surface area contributed by atoms with Crippen molar-refractivity contribution in [3.63, 3.8) is 0 Å². The van der Waals surface area contributed by atoms with Gasteiger partial charge in [-0.05, 0) is 102 Å². The predicted molar refractivity (Wildman–Crippen MR) is 168 cm³/mol. The summed E-state index contributed by atoms with van der Waals surface area (Å²) >= 11 is 0. The zero-order chi connectivity index (χ0) is 29.2. The Morgan fingerprint density at radius 1 is 0.833 bits per heavy atom. The largest absolute Gasteiger partial charge is 0.493 e. The zero-order valence-corrected chi connectivity index (χ0v) is 25.9. The molecule has 0 aliphatic carbocycles. The van der Waals surface area contributed by atoms with Gasteiger partial charge in [0.2, 0.25) is 5.89 Å². The molecule has 0 bridgehead atoms. The zero-order valence-electron chi connectivity index (χ0n) is 25.1. The summed E-state index contributed by atoms with van der Waals surface area (Å²) in [5.74, 6) is 2.29. The number of oxazole rings is 1. The highest BCUT2D eigenvalue weighted by Crippen LogP contribution is 2.27. The monoisotopic (exact) mass is 592 g/mol. The van der Waals surface area contributed by atoms with Gasteiger partial charge in [0.25, 0.3) is 0 Å². The third kappa shape index (κ3) is 9.36. The van der Waals surface area contributed by atoms with E-state index in [9.17, 15) is 4.79 Å². The van der Waals surface area contributed by atoms with Crippen LogP contribution in [-0.2, 0) is 16.0 Å². The average molecular weight is 593 g/mol. The third-order valence-corrected chi connectivity index (χ3v) is 6.66. The van der Waals surface area contributed by atoms with Gasteiger partial charge in [0.15, 0.2) is 5.60 Å². The number of unbranched alkanes of at least 4 members (excludes halogenated alkanes) is 1. The van der Waals surface area contributed by atoms with Crippen molar-refractivity contribution >= 4 is 18.4 Å². The number of aryl methyl sites for hydroxylation is 1. The molecule has 8 heteroatoms. The fraction of sp³-hybridized carbons (Fsp3) is 0.353. The van der Waals surface area contributed by atoms with E-state index in [0.717, 1.165) is 42.0 Å². The maximum atomic E-state index is 12.5. The highest BCUT2D eigenvalue weighted by atomic mass is 35.5. The number of benzene rings is 3. The quantitative estimate of drug-likeness (QED) is 0.111. The first-order valence-corrected chi connectivity index (χ1v) is 14.1. The van der Waals surface area contributed by atoms with Gasteiger partial charge in [-0.2, -0.15) is 0 Å². The number of nitrogens with zero attached hydrogens (tertiary/aromatic N) is 2. The highest BCUT2D eigenvalue weighted by molar-refractivity contribution is 5.85. The van der Waals surface area contributed by atoms with Crippen LogP contribution in [0.4, 0.5) is 0 Å². The van der Waals surface area contributed by atoms with E-state index in [-0.39, 0.29) is 18.4 Å². The lowest BCUT2D eigenvalue weighted by Crippen LogP contribution is -2.39. The molecule has 0 aliphatic rings. The van der Waals surface area contributed by atoms with E-state index >= 15 is 0 Å². The lowest BCUT2D eigenvalue weighted by Gasteiger charge is -2.24. The van der Waals surface area contributed by atoms with Crippen molar-refractivity contribution in [1.82, 2.24) is 9.88 Å². The van der Waals surface area contributed by atoms with Crippen molar-refractivity contribution in [2.75, 3.05) is 33.9 Å². The summed E-state index contributed by atoms with van der Waals surface area (Å²) in [5.41, 5.74) is 3.04. The number of ether oxygens (including phenoxy) is 3.